The summed E-state index contributed by atoms with van der Waals surface area (Å²) in [7, 11) is 0. The molecule has 180 valence electrons. The van der Waals surface area contributed by atoms with Crippen LogP contribution in [0.25, 0.3) is 6.08 Å². The molecule has 2 fully saturated rings. The van der Waals surface area contributed by atoms with Gasteiger partial charge >= 0.3 is 0 Å². The van der Waals surface area contributed by atoms with Gasteiger partial charge in [-0.25, -0.2) is 4.39 Å². The van der Waals surface area contributed by atoms with Crippen LogP contribution in [0, 0.1) is 34.9 Å². The first-order chi connectivity index (χ1) is 16.4. The Morgan fingerprint density at radius 1 is 1.15 bits per heavy atom. The zero-order chi connectivity index (χ0) is 24.1. The molecule has 4 rings (SSSR count). The third kappa shape index (κ3) is 5.29. The number of aliphatic hydroxyl groups excluding tert-OH is 1. The van der Waals surface area contributed by atoms with E-state index in [9.17, 15) is 9.50 Å². The molecule has 0 radical (unpaired) electrons. The minimum Gasteiger partial charge on any atom is -0.393 e. The lowest BCUT2D eigenvalue weighted by Gasteiger charge is -2.55. The van der Waals surface area contributed by atoms with Crippen molar-refractivity contribution in [2.75, 3.05) is 6.54 Å². The molecule has 0 spiro atoms. The summed E-state index contributed by atoms with van der Waals surface area (Å²) in [5.74, 6) is 7.11. The summed E-state index contributed by atoms with van der Waals surface area (Å²) in [6, 6.07) is 14.9. The second kappa shape index (κ2) is 10.9. The first kappa shape index (κ1) is 24.7. The summed E-state index contributed by atoms with van der Waals surface area (Å²) < 4.78 is 13.6. The second-order valence-electron chi connectivity index (χ2n) is 10.4. The molecule has 0 aliphatic heterocycles. The normalized spacial score (nSPS) is 29.9. The lowest BCUT2D eigenvalue weighted by atomic mass is 9.53. The molecule has 0 amide bonds. The molecule has 34 heavy (non-hydrogen) atoms. The van der Waals surface area contributed by atoms with Crippen LogP contribution in [0.2, 0.25) is 0 Å². The van der Waals surface area contributed by atoms with E-state index < -0.39 is 0 Å². The van der Waals surface area contributed by atoms with Gasteiger partial charge in [-0.15, -0.1) is 0 Å². The molecule has 0 aromatic heterocycles. The molecule has 3 unspecified atom stereocenters. The Morgan fingerprint density at radius 3 is 2.76 bits per heavy atom. The highest BCUT2D eigenvalue weighted by atomic mass is 19.1. The fourth-order valence-electron chi connectivity index (χ4n) is 6.20. The SMILES string of the molecule is CCCCNC1/C(=C/c2ccccc2C#Cc2cccc(F)c2)C[C@@]2(C)C(CCC[C@@H]2O)C1C. The van der Waals surface area contributed by atoms with Crippen molar-refractivity contribution >= 4 is 6.08 Å². The summed E-state index contributed by atoms with van der Waals surface area (Å²) in [6.07, 6.45) is 8.50. The van der Waals surface area contributed by atoms with Gasteiger partial charge in [0.2, 0.25) is 0 Å². The quantitative estimate of drug-likeness (QED) is 0.391. The Hall–Kier alpha value is -2.41. The molecule has 2 aliphatic rings. The van der Waals surface area contributed by atoms with Gasteiger partial charge in [-0.3, -0.25) is 0 Å². The van der Waals surface area contributed by atoms with Crippen molar-refractivity contribution < 1.29 is 9.50 Å². The topological polar surface area (TPSA) is 32.3 Å². The molecule has 2 N–H and O–H groups in total. The standard InChI is InChI=1S/C31H38FNO/c1-4-5-18-33-30-22(2)28-14-9-15-29(34)31(28,3)21-26(30)20-25-12-7-6-11-24(25)17-16-23-10-8-13-27(32)19-23/h6-8,10-13,19-20,22,28-30,33-34H,4-5,9,14-15,18,21H2,1-3H3/b26-20+/t22?,28?,29-,30?,31-/m0/s1. The summed E-state index contributed by atoms with van der Waals surface area (Å²) in [6.45, 7) is 7.90. The van der Waals surface area contributed by atoms with Crippen LogP contribution >= 0.6 is 0 Å². The van der Waals surface area contributed by atoms with Crippen LogP contribution < -0.4 is 5.32 Å². The monoisotopic (exact) mass is 459 g/mol. The van der Waals surface area contributed by atoms with E-state index in [-0.39, 0.29) is 17.3 Å². The van der Waals surface area contributed by atoms with Gasteiger partial charge in [-0.05, 0) is 73.9 Å². The Bertz CT molecular complexity index is 1080. The highest BCUT2D eigenvalue weighted by Crippen LogP contribution is 2.54. The van der Waals surface area contributed by atoms with Gasteiger partial charge in [0.1, 0.15) is 5.82 Å². The maximum Gasteiger partial charge on any atom is 0.124 e. The molecule has 2 aromatic carbocycles. The fourth-order valence-corrected chi connectivity index (χ4v) is 6.20. The van der Waals surface area contributed by atoms with Gasteiger partial charge in [0, 0.05) is 22.6 Å². The van der Waals surface area contributed by atoms with Crippen LogP contribution in [-0.2, 0) is 0 Å². The first-order valence-corrected chi connectivity index (χ1v) is 12.9. The van der Waals surface area contributed by atoms with E-state index in [0.29, 0.717) is 23.4 Å². The molecule has 0 heterocycles. The van der Waals surface area contributed by atoms with Crippen molar-refractivity contribution in [1.82, 2.24) is 5.32 Å². The minimum atomic E-state index is -0.270. The van der Waals surface area contributed by atoms with E-state index in [0.717, 1.165) is 43.4 Å². The van der Waals surface area contributed by atoms with Crippen molar-refractivity contribution in [2.24, 2.45) is 17.3 Å². The van der Waals surface area contributed by atoms with E-state index in [1.807, 2.05) is 24.3 Å². The number of unbranched alkanes of at least 4 members (excludes halogenated alkanes) is 1. The van der Waals surface area contributed by atoms with Gasteiger partial charge < -0.3 is 10.4 Å². The van der Waals surface area contributed by atoms with Crippen LogP contribution in [0.1, 0.15) is 76.0 Å². The van der Waals surface area contributed by atoms with E-state index in [4.69, 9.17) is 0 Å². The van der Waals surface area contributed by atoms with Crippen molar-refractivity contribution in [3.05, 3.63) is 76.6 Å². The van der Waals surface area contributed by atoms with Crippen molar-refractivity contribution in [2.45, 2.75) is 71.4 Å². The number of hydrogen-bond acceptors (Lipinski definition) is 2. The molecular formula is C31H38FNO. The van der Waals surface area contributed by atoms with Crippen molar-refractivity contribution in [3.8, 4) is 11.8 Å². The zero-order valence-electron chi connectivity index (χ0n) is 20.8. The fraction of sp³-hybridized carbons (Fsp3) is 0.484. The number of fused-ring (bicyclic) bond motifs is 1. The molecule has 2 saturated carbocycles. The molecular weight excluding hydrogens is 421 g/mol. The van der Waals surface area contributed by atoms with Crippen LogP contribution in [-0.4, -0.2) is 23.8 Å². The summed E-state index contributed by atoms with van der Waals surface area (Å²) in [5.41, 5.74) is 3.98. The number of halogens is 1. The van der Waals surface area contributed by atoms with E-state index in [1.54, 1.807) is 6.07 Å². The van der Waals surface area contributed by atoms with Crippen LogP contribution in [0.3, 0.4) is 0 Å². The maximum absolute atomic E-state index is 13.6. The maximum atomic E-state index is 13.6. The van der Waals surface area contributed by atoms with E-state index in [1.165, 1.54) is 30.5 Å². The van der Waals surface area contributed by atoms with Gasteiger partial charge in [0.15, 0.2) is 0 Å². The van der Waals surface area contributed by atoms with Crippen LogP contribution in [0.5, 0.6) is 0 Å². The summed E-state index contributed by atoms with van der Waals surface area (Å²) >= 11 is 0. The van der Waals surface area contributed by atoms with Crippen molar-refractivity contribution in [3.63, 3.8) is 0 Å². The Kier molecular flexibility index (Phi) is 7.91. The Labute approximate surface area is 204 Å². The van der Waals surface area contributed by atoms with Gasteiger partial charge in [-0.1, -0.05) is 81.4 Å². The third-order valence-electron chi connectivity index (χ3n) is 8.11. The number of aliphatic hydroxyl groups is 1. The highest BCUT2D eigenvalue weighted by molar-refractivity contribution is 5.63. The van der Waals surface area contributed by atoms with Crippen molar-refractivity contribution in [1.29, 1.82) is 0 Å². The molecule has 3 heteroatoms. The molecule has 2 nitrogen and oxygen atoms in total. The summed E-state index contributed by atoms with van der Waals surface area (Å²) in [4.78, 5) is 0. The first-order valence-electron chi connectivity index (χ1n) is 12.9. The Balaban J connectivity index is 1.70. The van der Waals surface area contributed by atoms with Crippen LogP contribution in [0.4, 0.5) is 4.39 Å². The number of rotatable bonds is 5. The lowest BCUT2D eigenvalue weighted by molar-refractivity contribution is -0.0779. The molecule has 0 bridgehead atoms. The Morgan fingerprint density at radius 2 is 1.97 bits per heavy atom. The molecule has 5 atom stereocenters. The number of hydrogen-bond donors (Lipinski definition) is 2. The van der Waals surface area contributed by atoms with Gasteiger partial charge in [-0.2, -0.15) is 0 Å². The lowest BCUT2D eigenvalue weighted by Crippen LogP contribution is -2.55. The van der Waals surface area contributed by atoms with Gasteiger partial charge in [0.25, 0.3) is 0 Å². The predicted molar refractivity (Wildman–Crippen MR) is 139 cm³/mol. The molecule has 2 aliphatic carbocycles. The summed E-state index contributed by atoms with van der Waals surface area (Å²) in [5, 5.41) is 14.9. The molecule has 0 saturated heterocycles. The van der Waals surface area contributed by atoms with E-state index >= 15 is 0 Å². The van der Waals surface area contributed by atoms with E-state index in [2.05, 4.69) is 50.1 Å². The zero-order valence-corrected chi connectivity index (χ0v) is 20.8. The smallest absolute Gasteiger partial charge is 0.124 e. The average Bonchev–Trinajstić information content (AvgIpc) is 2.82. The third-order valence-corrected chi connectivity index (χ3v) is 8.11. The second-order valence-corrected chi connectivity index (χ2v) is 10.4. The number of nitrogens with one attached hydrogen (secondary N) is 1. The molecule has 2 aromatic rings. The number of benzene rings is 2. The average molecular weight is 460 g/mol. The van der Waals surface area contributed by atoms with Gasteiger partial charge in [0.05, 0.1) is 6.10 Å². The minimum absolute atomic E-state index is 0.0887. The predicted octanol–water partition coefficient (Wildman–Crippen LogP) is 6.57. The van der Waals surface area contributed by atoms with Crippen LogP contribution in [0.15, 0.2) is 54.1 Å². The highest BCUT2D eigenvalue weighted by Gasteiger charge is 2.51. The largest absolute Gasteiger partial charge is 0.393 e.